The summed E-state index contributed by atoms with van der Waals surface area (Å²) in [5, 5.41) is 12.0. The van der Waals surface area contributed by atoms with Gasteiger partial charge in [0.15, 0.2) is 0 Å². The van der Waals surface area contributed by atoms with Crippen LogP contribution in [0.2, 0.25) is 0 Å². The third-order valence-corrected chi connectivity index (χ3v) is 2.71. The predicted molar refractivity (Wildman–Crippen MR) is 69.6 cm³/mol. The van der Waals surface area contributed by atoms with Crippen molar-refractivity contribution < 1.29 is 4.39 Å². The van der Waals surface area contributed by atoms with E-state index in [1.54, 1.807) is 6.07 Å². The lowest BCUT2D eigenvalue weighted by Crippen LogP contribution is -2.01. The van der Waals surface area contributed by atoms with Gasteiger partial charge in [-0.3, -0.25) is 0 Å². The second-order valence-corrected chi connectivity index (χ2v) is 4.13. The summed E-state index contributed by atoms with van der Waals surface area (Å²) in [4.78, 5) is 0. The van der Waals surface area contributed by atoms with Crippen LogP contribution in [0.5, 0.6) is 0 Å². The van der Waals surface area contributed by atoms with Crippen LogP contribution >= 0.6 is 0 Å². The van der Waals surface area contributed by atoms with Gasteiger partial charge in [0.2, 0.25) is 0 Å². The third-order valence-electron chi connectivity index (χ3n) is 2.71. The summed E-state index contributed by atoms with van der Waals surface area (Å²) >= 11 is 0. The fraction of sp³-hybridized carbons (Fsp3) is 0.133. The average molecular weight is 240 g/mol. The second-order valence-electron chi connectivity index (χ2n) is 4.13. The van der Waals surface area contributed by atoms with E-state index in [2.05, 4.69) is 5.32 Å². The SMILES string of the molecule is Cc1ccccc1NCc1cc(F)cc(C#N)c1. The van der Waals surface area contributed by atoms with Crippen molar-refractivity contribution in [1.82, 2.24) is 0 Å². The van der Waals surface area contributed by atoms with Crippen molar-refractivity contribution in [2.24, 2.45) is 0 Å². The normalized spacial score (nSPS) is 9.83. The molecule has 0 aromatic heterocycles. The topological polar surface area (TPSA) is 35.8 Å². The molecule has 0 heterocycles. The first kappa shape index (κ1) is 12.1. The molecule has 0 saturated heterocycles. The smallest absolute Gasteiger partial charge is 0.124 e. The van der Waals surface area contributed by atoms with Gasteiger partial charge < -0.3 is 5.32 Å². The molecule has 0 atom stereocenters. The number of nitriles is 1. The van der Waals surface area contributed by atoms with Gasteiger partial charge in [0, 0.05) is 12.2 Å². The van der Waals surface area contributed by atoms with E-state index in [-0.39, 0.29) is 5.82 Å². The van der Waals surface area contributed by atoms with Crippen molar-refractivity contribution in [2.45, 2.75) is 13.5 Å². The minimum absolute atomic E-state index is 0.344. The molecule has 90 valence electrons. The number of nitrogens with zero attached hydrogens (tertiary/aromatic N) is 1. The lowest BCUT2D eigenvalue weighted by molar-refractivity contribution is 0.625. The summed E-state index contributed by atoms with van der Waals surface area (Å²) in [6.07, 6.45) is 0. The van der Waals surface area contributed by atoms with Crippen LogP contribution in [-0.4, -0.2) is 0 Å². The van der Waals surface area contributed by atoms with Crippen LogP contribution < -0.4 is 5.32 Å². The first-order chi connectivity index (χ1) is 8.69. The molecular formula is C15H13FN2. The molecule has 0 radical (unpaired) electrons. The minimum Gasteiger partial charge on any atom is -0.381 e. The molecule has 3 heteroatoms. The summed E-state index contributed by atoms with van der Waals surface area (Å²) in [5.41, 5.74) is 3.25. The van der Waals surface area contributed by atoms with Crippen LogP contribution in [0.15, 0.2) is 42.5 Å². The zero-order valence-electron chi connectivity index (χ0n) is 10.1. The highest BCUT2D eigenvalue weighted by atomic mass is 19.1. The molecule has 0 saturated carbocycles. The van der Waals surface area contributed by atoms with E-state index >= 15 is 0 Å². The molecule has 0 bridgehead atoms. The van der Waals surface area contributed by atoms with Crippen LogP contribution in [0, 0.1) is 24.1 Å². The molecule has 2 rings (SSSR count). The van der Waals surface area contributed by atoms with Gasteiger partial charge in [-0.2, -0.15) is 5.26 Å². The van der Waals surface area contributed by atoms with Crippen LogP contribution in [0.25, 0.3) is 0 Å². The second kappa shape index (κ2) is 5.33. The Hall–Kier alpha value is -2.34. The summed E-state index contributed by atoms with van der Waals surface area (Å²) < 4.78 is 13.2. The highest BCUT2D eigenvalue weighted by Gasteiger charge is 2.01. The van der Waals surface area contributed by atoms with E-state index in [1.165, 1.54) is 12.1 Å². The first-order valence-electron chi connectivity index (χ1n) is 5.68. The van der Waals surface area contributed by atoms with E-state index in [0.29, 0.717) is 12.1 Å². The first-order valence-corrected chi connectivity index (χ1v) is 5.68. The summed E-state index contributed by atoms with van der Waals surface area (Å²) in [6.45, 7) is 2.51. The number of benzene rings is 2. The summed E-state index contributed by atoms with van der Waals surface area (Å²) in [7, 11) is 0. The molecule has 2 aromatic rings. The lowest BCUT2D eigenvalue weighted by atomic mass is 10.1. The van der Waals surface area contributed by atoms with E-state index in [4.69, 9.17) is 5.26 Å². The van der Waals surface area contributed by atoms with Crippen molar-refractivity contribution in [3.63, 3.8) is 0 Å². The maximum atomic E-state index is 13.2. The van der Waals surface area contributed by atoms with Gasteiger partial charge >= 0.3 is 0 Å². The molecule has 0 unspecified atom stereocenters. The van der Waals surface area contributed by atoms with Crippen molar-refractivity contribution in [2.75, 3.05) is 5.32 Å². The Balaban J connectivity index is 2.14. The van der Waals surface area contributed by atoms with Gasteiger partial charge in [-0.05, 0) is 42.3 Å². The van der Waals surface area contributed by atoms with Crippen LogP contribution in [0.3, 0.4) is 0 Å². The van der Waals surface area contributed by atoms with Crippen molar-refractivity contribution in [3.05, 3.63) is 65.0 Å². The largest absolute Gasteiger partial charge is 0.381 e. The van der Waals surface area contributed by atoms with E-state index in [1.807, 2.05) is 37.3 Å². The Kier molecular flexibility index (Phi) is 3.59. The number of anilines is 1. The van der Waals surface area contributed by atoms with Crippen molar-refractivity contribution >= 4 is 5.69 Å². The average Bonchev–Trinajstić information content (AvgIpc) is 2.37. The number of hydrogen-bond acceptors (Lipinski definition) is 2. The number of hydrogen-bond donors (Lipinski definition) is 1. The molecule has 0 aliphatic heterocycles. The fourth-order valence-corrected chi connectivity index (χ4v) is 1.79. The number of para-hydroxylation sites is 1. The Bertz CT molecular complexity index is 600. The number of rotatable bonds is 3. The summed E-state index contributed by atoms with van der Waals surface area (Å²) in [6, 6.07) is 14.2. The minimum atomic E-state index is -0.379. The standard InChI is InChI=1S/C15H13FN2/c1-11-4-2-3-5-15(11)18-10-13-6-12(9-17)7-14(16)8-13/h2-8,18H,10H2,1H3. The fourth-order valence-electron chi connectivity index (χ4n) is 1.79. The zero-order chi connectivity index (χ0) is 13.0. The maximum absolute atomic E-state index is 13.2. The van der Waals surface area contributed by atoms with Crippen LogP contribution in [-0.2, 0) is 6.54 Å². The molecule has 0 fully saturated rings. The third kappa shape index (κ3) is 2.86. The van der Waals surface area contributed by atoms with Crippen molar-refractivity contribution in [3.8, 4) is 6.07 Å². The van der Waals surface area contributed by atoms with Gasteiger partial charge in [0.1, 0.15) is 5.82 Å². The van der Waals surface area contributed by atoms with Crippen LogP contribution in [0.1, 0.15) is 16.7 Å². The molecule has 2 aromatic carbocycles. The Morgan fingerprint density at radius 1 is 1.22 bits per heavy atom. The van der Waals surface area contributed by atoms with E-state index < -0.39 is 0 Å². The van der Waals surface area contributed by atoms with Gasteiger partial charge in [0.05, 0.1) is 11.6 Å². The van der Waals surface area contributed by atoms with E-state index in [9.17, 15) is 4.39 Å². The molecule has 1 N–H and O–H groups in total. The molecule has 0 aliphatic carbocycles. The Labute approximate surface area is 106 Å². The zero-order valence-corrected chi connectivity index (χ0v) is 10.1. The molecule has 0 spiro atoms. The van der Waals surface area contributed by atoms with Gasteiger partial charge in [-0.25, -0.2) is 4.39 Å². The van der Waals surface area contributed by atoms with Gasteiger partial charge in [0.25, 0.3) is 0 Å². The van der Waals surface area contributed by atoms with Crippen LogP contribution in [0.4, 0.5) is 10.1 Å². The quantitative estimate of drug-likeness (QED) is 0.889. The van der Waals surface area contributed by atoms with E-state index in [0.717, 1.165) is 16.8 Å². The number of nitrogens with one attached hydrogen (secondary N) is 1. The lowest BCUT2D eigenvalue weighted by Gasteiger charge is -2.09. The molecule has 0 amide bonds. The number of halogens is 1. The summed E-state index contributed by atoms with van der Waals surface area (Å²) in [5.74, 6) is -0.379. The highest BCUT2D eigenvalue weighted by molar-refractivity contribution is 5.50. The molecule has 2 nitrogen and oxygen atoms in total. The highest BCUT2D eigenvalue weighted by Crippen LogP contribution is 2.15. The molecule has 0 aliphatic rings. The van der Waals surface area contributed by atoms with Crippen molar-refractivity contribution in [1.29, 1.82) is 5.26 Å². The monoisotopic (exact) mass is 240 g/mol. The molecule has 18 heavy (non-hydrogen) atoms. The molecular weight excluding hydrogens is 227 g/mol. The van der Waals surface area contributed by atoms with Gasteiger partial charge in [-0.1, -0.05) is 18.2 Å². The maximum Gasteiger partial charge on any atom is 0.124 e. The van der Waals surface area contributed by atoms with Gasteiger partial charge in [-0.15, -0.1) is 0 Å². The Morgan fingerprint density at radius 3 is 2.72 bits per heavy atom. The number of aryl methyl sites for hydroxylation is 1. The predicted octanol–water partition coefficient (Wildman–Crippen LogP) is 3.62. The Morgan fingerprint density at radius 2 is 2.00 bits per heavy atom.